The highest BCUT2D eigenvalue weighted by atomic mass is 35.5. The summed E-state index contributed by atoms with van der Waals surface area (Å²) < 4.78 is 11.2. The van der Waals surface area contributed by atoms with Crippen molar-refractivity contribution >= 4 is 29.3 Å². The van der Waals surface area contributed by atoms with Crippen LogP contribution in [0.2, 0.25) is 5.02 Å². The summed E-state index contributed by atoms with van der Waals surface area (Å²) in [7, 11) is 0. The summed E-state index contributed by atoms with van der Waals surface area (Å²) in [6.07, 6.45) is 1.40. The molecule has 5 nitrogen and oxygen atoms in total. The molecule has 0 fully saturated rings. The van der Waals surface area contributed by atoms with E-state index in [-0.39, 0.29) is 5.57 Å². The van der Waals surface area contributed by atoms with Crippen LogP contribution in [-0.2, 0) is 4.79 Å². The minimum absolute atomic E-state index is 0.0803. The summed E-state index contributed by atoms with van der Waals surface area (Å²) in [5, 5.41) is 12.7. The number of hydrogen-bond acceptors (Lipinski definition) is 4. The van der Waals surface area contributed by atoms with Crippen LogP contribution in [0.5, 0.6) is 5.75 Å². The quantitative estimate of drug-likeness (QED) is 0.441. The molecule has 0 aliphatic heterocycles. The number of carbonyl (C=O) groups is 1. The van der Waals surface area contributed by atoms with E-state index in [0.29, 0.717) is 34.6 Å². The van der Waals surface area contributed by atoms with E-state index in [1.165, 1.54) is 6.08 Å². The Morgan fingerprint density at radius 3 is 2.64 bits per heavy atom. The molecule has 0 bridgehead atoms. The average Bonchev–Trinajstić information content (AvgIpc) is 3.17. The highest BCUT2D eigenvalue weighted by Crippen LogP contribution is 2.26. The van der Waals surface area contributed by atoms with Gasteiger partial charge in [-0.1, -0.05) is 23.7 Å². The lowest BCUT2D eigenvalue weighted by Crippen LogP contribution is -2.14. The van der Waals surface area contributed by atoms with Crippen LogP contribution in [-0.4, -0.2) is 12.5 Å². The Hall–Kier alpha value is -3.49. The number of hydrogen-bond donors (Lipinski definition) is 1. The van der Waals surface area contributed by atoms with E-state index < -0.39 is 5.91 Å². The first kappa shape index (κ1) is 19.3. The minimum atomic E-state index is -0.543. The van der Waals surface area contributed by atoms with Crippen molar-refractivity contribution in [2.45, 2.75) is 6.92 Å². The fraction of sp³-hybridized carbons (Fsp3) is 0.0909. The zero-order chi connectivity index (χ0) is 19.9. The maximum atomic E-state index is 12.5. The summed E-state index contributed by atoms with van der Waals surface area (Å²) >= 11 is 5.89. The predicted octanol–water partition coefficient (Wildman–Crippen LogP) is 5.54. The van der Waals surface area contributed by atoms with E-state index in [1.807, 2.05) is 31.2 Å². The van der Waals surface area contributed by atoms with Gasteiger partial charge in [0.2, 0.25) is 0 Å². The van der Waals surface area contributed by atoms with Gasteiger partial charge in [0.15, 0.2) is 0 Å². The number of para-hydroxylation sites is 2. The van der Waals surface area contributed by atoms with Crippen molar-refractivity contribution < 1.29 is 13.9 Å². The van der Waals surface area contributed by atoms with Gasteiger partial charge in [0.25, 0.3) is 5.91 Å². The maximum absolute atomic E-state index is 12.5. The van der Waals surface area contributed by atoms with Crippen LogP contribution < -0.4 is 10.1 Å². The molecule has 1 heterocycles. The van der Waals surface area contributed by atoms with Crippen LogP contribution >= 0.6 is 11.6 Å². The Kier molecular flexibility index (Phi) is 6.15. The SMILES string of the molecule is CCOc1ccccc1NC(=O)/C(C#N)=C/c1ccc(-c2ccc(Cl)cc2)o1. The second kappa shape index (κ2) is 8.94. The first-order valence-electron chi connectivity index (χ1n) is 8.61. The molecule has 0 aliphatic rings. The van der Waals surface area contributed by atoms with Gasteiger partial charge in [-0.05, 0) is 55.5 Å². The number of rotatable bonds is 6. The van der Waals surface area contributed by atoms with Crippen molar-refractivity contribution in [2.75, 3.05) is 11.9 Å². The first-order valence-corrected chi connectivity index (χ1v) is 8.99. The number of nitrogens with one attached hydrogen (secondary N) is 1. The highest BCUT2D eigenvalue weighted by Gasteiger charge is 2.13. The Bertz CT molecular complexity index is 1050. The number of nitrogens with zero attached hydrogens (tertiary/aromatic N) is 1. The minimum Gasteiger partial charge on any atom is -0.492 e. The smallest absolute Gasteiger partial charge is 0.266 e. The van der Waals surface area contributed by atoms with Crippen LogP contribution in [0, 0.1) is 11.3 Å². The molecule has 140 valence electrons. The molecular formula is C22H17ClN2O3. The Balaban J connectivity index is 1.80. The zero-order valence-electron chi connectivity index (χ0n) is 15.1. The second-order valence-corrected chi connectivity index (χ2v) is 6.20. The van der Waals surface area contributed by atoms with Crippen LogP contribution in [0.15, 0.2) is 70.7 Å². The standard InChI is InChI=1S/C22H17ClN2O3/c1-2-27-21-6-4-3-5-19(21)25-22(26)16(14-24)13-18-11-12-20(28-18)15-7-9-17(23)10-8-15/h3-13H,2H2,1H3,(H,25,26)/b16-13+. The van der Waals surface area contributed by atoms with E-state index in [9.17, 15) is 10.1 Å². The molecule has 0 aliphatic carbocycles. The summed E-state index contributed by atoms with van der Waals surface area (Å²) in [5.41, 5.74) is 1.26. The third kappa shape index (κ3) is 4.61. The van der Waals surface area contributed by atoms with Crippen LogP contribution in [0.1, 0.15) is 12.7 Å². The molecule has 3 aromatic rings. The van der Waals surface area contributed by atoms with Gasteiger partial charge in [-0.3, -0.25) is 4.79 Å². The van der Waals surface area contributed by atoms with E-state index in [1.54, 1.807) is 42.5 Å². The van der Waals surface area contributed by atoms with Crippen molar-refractivity contribution in [1.29, 1.82) is 5.26 Å². The molecule has 28 heavy (non-hydrogen) atoms. The molecule has 3 rings (SSSR count). The van der Waals surface area contributed by atoms with Gasteiger partial charge >= 0.3 is 0 Å². The largest absolute Gasteiger partial charge is 0.492 e. The normalized spacial score (nSPS) is 11.0. The molecule has 0 radical (unpaired) electrons. The molecule has 0 spiro atoms. The first-order chi connectivity index (χ1) is 13.6. The lowest BCUT2D eigenvalue weighted by atomic mass is 10.2. The fourth-order valence-corrected chi connectivity index (χ4v) is 2.66. The summed E-state index contributed by atoms with van der Waals surface area (Å²) in [4.78, 5) is 12.5. The molecule has 1 amide bonds. The second-order valence-electron chi connectivity index (χ2n) is 5.76. The van der Waals surface area contributed by atoms with Gasteiger partial charge in [0, 0.05) is 16.7 Å². The predicted molar refractivity (Wildman–Crippen MR) is 109 cm³/mol. The number of anilines is 1. The number of nitriles is 1. The Morgan fingerprint density at radius 1 is 1.18 bits per heavy atom. The number of amides is 1. The molecule has 0 saturated heterocycles. The van der Waals surface area contributed by atoms with Crippen LogP contribution in [0.25, 0.3) is 17.4 Å². The molecule has 0 saturated carbocycles. The third-order valence-electron chi connectivity index (χ3n) is 3.84. The molecule has 6 heteroatoms. The summed E-state index contributed by atoms with van der Waals surface area (Å²) in [6, 6.07) is 19.6. The summed E-state index contributed by atoms with van der Waals surface area (Å²) in [6.45, 7) is 2.32. The van der Waals surface area contributed by atoms with Gasteiger partial charge < -0.3 is 14.5 Å². The molecule has 1 N–H and O–H groups in total. The van der Waals surface area contributed by atoms with E-state index in [0.717, 1.165) is 5.56 Å². The number of carbonyl (C=O) groups excluding carboxylic acids is 1. The molecule has 1 aromatic heterocycles. The van der Waals surface area contributed by atoms with Crippen molar-refractivity contribution in [3.63, 3.8) is 0 Å². The molecule has 0 unspecified atom stereocenters. The van der Waals surface area contributed by atoms with Gasteiger partial charge in [0.05, 0.1) is 12.3 Å². The van der Waals surface area contributed by atoms with Gasteiger partial charge in [-0.15, -0.1) is 0 Å². The molecule has 0 atom stereocenters. The van der Waals surface area contributed by atoms with Crippen LogP contribution in [0.4, 0.5) is 5.69 Å². The van der Waals surface area contributed by atoms with E-state index >= 15 is 0 Å². The lowest BCUT2D eigenvalue weighted by molar-refractivity contribution is -0.112. The van der Waals surface area contributed by atoms with Crippen molar-refractivity contribution in [1.82, 2.24) is 0 Å². The van der Waals surface area contributed by atoms with Gasteiger partial charge in [-0.25, -0.2) is 0 Å². The van der Waals surface area contributed by atoms with Gasteiger partial charge in [0.1, 0.15) is 28.9 Å². The fourth-order valence-electron chi connectivity index (χ4n) is 2.53. The topological polar surface area (TPSA) is 75.3 Å². The highest BCUT2D eigenvalue weighted by molar-refractivity contribution is 6.30. The number of ether oxygens (including phenoxy) is 1. The lowest BCUT2D eigenvalue weighted by Gasteiger charge is -2.10. The van der Waals surface area contributed by atoms with E-state index in [2.05, 4.69) is 5.32 Å². The Morgan fingerprint density at radius 2 is 1.93 bits per heavy atom. The van der Waals surface area contributed by atoms with E-state index in [4.69, 9.17) is 20.8 Å². The zero-order valence-corrected chi connectivity index (χ0v) is 15.9. The summed E-state index contributed by atoms with van der Waals surface area (Å²) in [5.74, 6) is 1.01. The maximum Gasteiger partial charge on any atom is 0.266 e. The number of halogens is 1. The van der Waals surface area contributed by atoms with Gasteiger partial charge in [-0.2, -0.15) is 5.26 Å². The van der Waals surface area contributed by atoms with Crippen molar-refractivity contribution in [3.8, 4) is 23.1 Å². The Labute approximate surface area is 167 Å². The molecule has 2 aromatic carbocycles. The van der Waals surface area contributed by atoms with Crippen molar-refractivity contribution in [2.24, 2.45) is 0 Å². The van der Waals surface area contributed by atoms with Crippen molar-refractivity contribution in [3.05, 3.63) is 77.0 Å². The molecular weight excluding hydrogens is 376 g/mol. The number of benzene rings is 2. The average molecular weight is 393 g/mol. The monoisotopic (exact) mass is 392 g/mol. The number of furan rings is 1. The third-order valence-corrected chi connectivity index (χ3v) is 4.09. The van der Waals surface area contributed by atoms with Crippen LogP contribution in [0.3, 0.4) is 0 Å².